The summed E-state index contributed by atoms with van der Waals surface area (Å²) in [5.74, 6) is 28.5. The van der Waals surface area contributed by atoms with Crippen molar-refractivity contribution < 1.29 is 0 Å². The van der Waals surface area contributed by atoms with E-state index in [0.717, 1.165) is 47.3 Å². The molecule has 0 heterocycles. The lowest BCUT2D eigenvalue weighted by atomic mass is 9.21. The fourth-order valence-electron chi connectivity index (χ4n) is 21.9. The molecule has 16 atom stereocenters. The maximum Gasteiger partial charge on any atom is -0.0312 e. The second kappa shape index (κ2) is 10.8. The molecule has 0 aliphatic heterocycles. The van der Waals surface area contributed by atoms with Crippen LogP contribution in [0.2, 0.25) is 0 Å². The van der Waals surface area contributed by atoms with Crippen molar-refractivity contribution in [1.82, 2.24) is 0 Å². The van der Waals surface area contributed by atoms with Crippen LogP contribution in [0, 0.1) is 142 Å². The Morgan fingerprint density at radius 2 is 0.250 bits per heavy atom. The molecule has 0 spiro atoms. The van der Waals surface area contributed by atoms with Crippen molar-refractivity contribution >= 4 is 0 Å². The van der Waals surface area contributed by atoms with Gasteiger partial charge in [0.25, 0.3) is 0 Å². The van der Waals surface area contributed by atoms with Gasteiger partial charge in [-0.15, -0.1) is 0 Å². The number of hydrogen-bond donors (Lipinski definition) is 0. The van der Waals surface area contributed by atoms with Crippen LogP contribution in [0.5, 0.6) is 0 Å². The first-order valence-electron chi connectivity index (χ1n) is 23.9. The highest BCUT2D eigenvalue weighted by atomic mass is 14.8. The molecule has 16 unspecified atom stereocenters. The van der Waals surface area contributed by atoms with Crippen molar-refractivity contribution in [3.63, 3.8) is 0 Å². The van der Waals surface area contributed by atoms with Gasteiger partial charge in [-0.05, 0) is 193 Å². The SMILES string of the molecule is C1CCC2CCC3CCCCC4CCC5CCCCC6CCC7CCCCC8CCC(C1)C1C2C2C1C1C8C7C1C1C6C5C1C1C4C3C21. The van der Waals surface area contributed by atoms with Crippen LogP contribution in [0.1, 0.15) is 154 Å². The van der Waals surface area contributed by atoms with Crippen molar-refractivity contribution in [3.05, 3.63) is 0 Å². The van der Waals surface area contributed by atoms with Crippen LogP contribution < -0.4 is 0 Å². The lowest BCUT2D eigenvalue weighted by Gasteiger charge is -2.83. The zero-order chi connectivity index (χ0) is 30.8. The van der Waals surface area contributed by atoms with Crippen LogP contribution in [0.15, 0.2) is 0 Å². The maximum atomic E-state index is 1.68. The molecule has 0 saturated heterocycles. The zero-order valence-corrected chi connectivity index (χ0v) is 30.8. The third kappa shape index (κ3) is 3.64. The molecule has 13 aliphatic rings. The minimum atomic E-state index is 1.14. The Bertz CT molecular complexity index is 960. The summed E-state index contributed by atoms with van der Waals surface area (Å²) in [5, 5.41) is 0. The van der Waals surface area contributed by atoms with Gasteiger partial charge in [-0.3, -0.25) is 0 Å². The fraction of sp³-hybridized carbons (Fsp3) is 1.00. The molecule has 0 radical (unpaired) electrons. The van der Waals surface area contributed by atoms with Gasteiger partial charge in [0.2, 0.25) is 0 Å². The van der Waals surface area contributed by atoms with E-state index in [-0.39, 0.29) is 0 Å². The monoisotopic (exact) mass is 649 g/mol. The van der Waals surface area contributed by atoms with E-state index in [0.29, 0.717) is 0 Å². The molecular formula is C48H72. The van der Waals surface area contributed by atoms with Gasteiger partial charge in [0, 0.05) is 0 Å². The molecule has 13 saturated carbocycles. The Kier molecular flexibility index (Phi) is 6.62. The summed E-state index contributed by atoms with van der Waals surface area (Å²) in [7, 11) is 0. The van der Waals surface area contributed by atoms with Crippen LogP contribution in [0.4, 0.5) is 0 Å². The Balaban J connectivity index is 1.04. The largest absolute Gasteiger partial charge is 0.0530 e. The van der Waals surface area contributed by atoms with E-state index in [4.69, 9.17) is 0 Å². The predicted octanol–water partition coefficient (Wildman–Crippen LogP) is 12.3. The van der Waals surface area contributed by atoms with Gasteiger partial charge >= 0.3 is 0 Å². The third-order valence-corrected chi connectivity index (χ3v) is 22.5. The summed E-state index contributed by atoms with van der Waals surface area (Å²) in [6.45, 7) is 0. The molecule has 0 aromatic carbocycles. The van der Waals surface area contributed by atoms with Crippen LogP contribution in [-0.2, 0) is 0 Å². The molecule has 13 rings (SSSR count). The molecule has 0 heteroatoms. The van der Waals surface area contributed by atoms with Gasteiger partial charge < -0.3 is 0 Å². The average molecular weight is 649 g/mol. The standard InChI is InChI=1S/C48H72/c1-2-10-26-19-20-28-12-5-6-14-30-23-24-32-16-8-7-15-31-22-21-29-13-4-3-11-27-18-17-25(9-1)33-34(26)42-41(33)43-35(27)37(29)45(43)47-39(31)40(32)48(47)46-38(30)36(28)44(42)46/h25-48H,1-24H2. The van der Waals surface area contributed by atoms with E-state index in [1.54, 1.807) is 154 Å². The molecule has 0 aromatic heterocycles. The van der Waals surface area contributed by atoms with Gasteiger partial charge in [-0.1, -0.05) is 103 Å². The second-order valence-corrected chi connectivity index (χ2v) is 22.8. The minimum absolute atomic E-state index is 1.14. The van der Waals surface area contributed by atoms with Crippen LogP contribution in [0.3, 0.4) is 0 Å². The highest BCUT2D eigenvalue weighted by Crippen LogP contribution is 2.84. The van der Waals surface area contributed by atoms with Gasteiger partial charge in [-0.2, -0.15) is 0 Å². The summed E-state index contributed by atoms with van der Waals surface area (Å²) < 4.78 is 0. The van der Waals surface area contributed by atoms with Gasteiger partial charge in [0.1, 0.15) is 0 Å². The first kappa shape index (κ1) is 29.5. The summed E-state index contributed by atoms with van der Waals surface area (Å²) in [5.41, 5.74) is 0. The van der Waals surface area contributed by atoms with Crippen molar-refractivity contribution in [2.24, 2.45) is 142 Å². The molecule has 264 valence electrons. The summed E-state index contributed by atoms with van der Waals surface area (Å²) >= 11 is 0. The van der Waals surface area contributed by atoms with Gasteiger partial charge in [0.15, 0.2) is 0 Å². The number of hydrogen-bond acceptors (Lipinski definition) is 0. The Hall–Kier alpha value is 0. The normalized spacial score (nSPS) is 66.0. The molecule has 0 aromatic rings. The maximum absolute atomic E-state index is 1.68. The lowest BCUT2D eigenvalue weighted by Crippen LogP contribution is -2.79. The topological polar surface area (TPSA) is 0 Å². The third-order valence-electron chi connectivity index (χ3n) is 22.5. The van der Waals surface area contributed by atoms with Gasteiger partial charge in [0.05, 0.1) is 0 Å². The van der Waals surface area contributed by atoms with E-state index in [1.165, 1.54) is 94.7 Å². The zero-order valence-electron chi connectivity index (χ0n) is 30.8. The highest BCUT2D eigenvalue weighted by molar-refractivity contribution is 5.27. The summed E-state index contributed by atoms with van der Waals surface area (Å²) in [6, 6.07) is 0. The first-order valence-corrected chi connectivity index (χ1v) is 23.9. The minimum Gasteiger partial charge on any atom is -0.0530 e. The van der Waals surface area contributed by atoms with Crippen LogP contribution in [0.25, 0.3) is 0 Å². The van der Waals surface area contributed by atoms with E-state index < -0.39 is 0 Å². The van der Waals surface area contributed by atoms with Gasteiger partial charge in [-0.25, -0.2) is 0 Å². The molecule has 0 N–H and O–H groups in total. The molecule has 0 amide bonds. The predicted molar refractivity (Wildman–Crippen MR) is 195 cm³/mol. The van der Waals surface area contributed by atoms with Crippen molar-refractivity contribution in [2.75, 3.05) is 0 Å². The Labute approximate surface area is 295 Å². The lowest BCUT2D eigenvalue weighted by molar-refractivity contribution is -0.363. The van der Waals surface area contributed by atoms with E-state index in [1.807, 2.05) is 0 Å². The quantitative estimate of drug-likeness (QED) is 0.245. The Morgan fingerprint density at radius 1 is 0.125 bits per heavy atom. The molecule has 48 heavy (non-hydrogen) atoms. The first-order chi connectivity index (χ1) is 23.9. The number of rotatable bonds is 0. The van der Waals surface area contributed by atoms with E-state index in [2.05, 4.69) is 0 Å². The van der Waals surface area contributed by atoms with Crippen molar-refractivity contribution in [3.8, 4) is 0 Å². The highest BCUT2D eigenvalue weighted by Gasteiger charge is 2.80. The molecule has 13 fully saturated rings. The second-order valence-electron chi connectivity index (χ2n) is 22.8. The average Bonchev–Trinajstić information content (AvgIpc) is 3.03. The van der Waals surface area contributed by atoms with Crippen LogP contribution in [-0.4, -0.2) is 0 Å². The Morgan fingerprint density at radius 3 is 0.375 bits per heavy atom. The smallest absolute Gasteiger partial charge is 0.0312 e. The van der Waals surface area contributed by atoms with E-state index >= 15 is 0 Å². The summed E-state index contributed by atoms with van der Waals surface area (Å²) in [6.07, 6.45) is 39.5. The van der Waals surface area contributed by atoms with Crippen LogP contribution >= 0.6 is 0 Å². The molecular weight excluding hydrogens is 577 g/mol. The van der Waals surface area contributed by atoms with Crippen molar-refractivity contribution in [2.45, 2.75) is 154 Å². The molecule has 0 bridgehead atoms. The fourth-order valence-corrected chi connectivity index (χ4v) is 21.9. The summed E-state index contributed by atoms with van der Waals surface area (Å²) in [4.78, 5) is 0. The van der Waals surface area contributed by atoms with Crippen molar-refractivity contribution in [1.29, 1.82) is 0 Å². The molecule has 0 nitrogen and oxygen atoms in total. The molecule has 13 aliphatic carbocycles. The van der Waals surface area contributed by atoms with E-state index in [9.17, 15) is 0 Å².